The Balaban J connectivity index is 1.45. The molecule has 11 heteroatoms. The zero-order chi connectivity index (χ0) is 26.4. The van der Waals surface area contributed by atoms with E-state index in [1.165, 1.54) is 24.5 Å². The smallest absolute Gasteiger partial charge is 0.224 e. The first-order valence-electron chi connectivity index (χ1n) is 11.8. The third kappa shape index (κ3) is 4.02. The molecule has 0 aliphatic carbocycles. The number of nitrogens with zero attached hydrogens (tertiary/aromatic N) is 4. The quantitative estimate of drug-likeness (QED) is 0.229. The van der Waals surface area contributed by atoms with Crippen LogP contribution in [0.5, 0.6) is 0 Å². The number of hydrogen-bond acceptors (Lipinski definition) is 7. The van der Waals surface area contributed by atoms with Crippen LogP contribution in [0, 0.1) is 5.82 Å². The number of pyridine rings is 2. The minimum atomic E-state index is -0.495. The Morgan fingerprint density at radius 2 is 1.97 bits per heavy atom. The normalized spacial score (nSPS) is 11.3. The van der Waals surface area contributed by atoms with Gasteiger partial charge in [0, 0.05) is 40.4 Å². The van der Waals surface area contributed by atoms with Crippen molar-refractivity contribution in [3.63, 3.8) is 0 Å². The maximum Gasteiger partial charge on any atom is 0.224 e. The third-order valence-corrected chi connectivity index (χ3v) is 7.38. The van der Waals surface area contributed by atoms with E-state index < -0.39 is 5.82 Å². The van der Waals surface area contributed by atoms with Gasteiger partial charge in [-0.15, -0.1) is 11.3 Å². The van der Waals surface area contributed by atoms with Crippen LogP contribution in [0.3, 0.4) is 0 Å². The van der Waals surface area contributed by atoms with Crippen LogP contribution in [-0.2, 0) is 4.79 Å². The molecule has 5 heterocycles. The van der Waals surface area contributed by atoms with E-state index in [1.807, 2.05) is 12.1 Å². The number of aromatic amines is 2. The van der Waals surface area contributed by atoms with E-state index in [0.29, 0.717) is 56.3 Å². The summed E-state index contributed by atoms with van der Waals surface area (Å²) in [4.78, 5) is 41.5. The highest BCUT2D eigenvalue weighted by Gasteiger charge is 2.21. The number of amides is 1. The largest absolute Gasteiger partial charge is 0.335 e. The summed E-state index contributed by atoms with van der Waals surface area (Å²) in [5.74, 6) is -0.299. The van der Waals surface area contributed by atoms with Crippen molar-refractivity contribution in [1.29, 1.82) is 0 Å². The standard InChI is InChI=1S/C27H20FN7O2S/c1-3-21(37)31-15-10-14(11-29-12-15)16-4-5-18-22(23(16)28)25(35-34-18)27-32-24-17(8-9-30-26(24)33-27)20-7-6-19(38-20)13(2)36/h4-12H,3H2,1-2H3,(H,31,37)(H,34,35)(H,30,32,33). The Morgan fingerprint density at radius 1 is 1.11 bits per heavy atom. The van der Waals surface area contributed by atoms with Crippen LogP contribution in [0.25, 0.3) is 55.2 Å². The van der Waals surface area contributed by atoms with Crippen molar-refractivity contribution in [2.75, 3.05) is 5.32 Å². The van der Waals surface area contributed by atoms with Gasteiger partial charge in [0.15, 0.2) is 17.3 Å². The highest BCUT2D eigenvalue weighted by atomic mass is 32.1. The molecule has 0 spiro atoms. The molecule has 0 saturated heterocycles. The summed E-state index contributed by atoms with van der Waals surface area (Å²) in [5.41, 5.74) is 4.07. The second kappa shape index (κ2) is 9.27. The molecule has 0 fully saturated rings. The van der Waals surface area contributed by atoms with Crippen molar-refractivity contribution in [2.24, 2.45) is 0 Å². The van der Waals surface area contributed by atoms with Gasteiger partial charge in [-0.1, -0.05) is 6.92 Å². The topological polar surface area (TPSA) is 129 Å². The van der Waals surface area contributed by atoms with Crippen molar-refractivity contribution in [1.82, 2.24) is 30.1 Å². The van der Waals surface area contributed by atoms with Crippen LogP contribution in [0.4, 0.5) is 10.1 Å². The number of rotatable bonds is 6. The second-order valence-corrected chi connectivity index (χ2v) is 9.73. The number of hydrogen-bond donors (Lipinski definition) is 3. The SMILES string of the molecule is CCC(=O)Nc1cncc(-c2ccc3[nH]nc(-c4nc5nccc(-c6ccc(C(C)=O)s6)c5[nH]4)c3c2F)c1. The Labute approximate surface area is 219 Å². The zero-order valence-corrected chi connectivity index (χ0v) is 21.1. The third-order valence-electron chi connectivity index (χ3n) is 6.16. The van der Waals surface area contributed by atoms with Crippen LogP contribution in [0.15, 0.2) is 55.0 Å². The van der Waals surface area contributed by atoms with E-state index >= 15 is 4.39 Å². The van der Waals surface area contributed by atoms with Gasteiger partial charge in [-0.25, -0.2) is 14.4 Å². The number of Topliss-reactive ketones (excluding diaryl/α,β-unsaturated/α-hetero) is 1. The summed E-state index contributed by atoms with van der Waals surface area (Å²) in [6.45, 7) is 3.28. The molecule has 6 aromatic rings. The van der Waals surface area contributed by atoms with Crippen molar-refractivity contribution in [3.8, 4) is 33.1 Å². The van der Waals surface area contributed by atoms with Gasteiger partial charge in [-0.3, -0.25) is 19.7 Å². The number of nitrogens with one attached hydrogen (secondary N) is 3. The lowest BCUT2D eigenvalue weighted by atomic mass is 10.0. The Hall–Kier alpha value is -4.77. The second-order valence-electron chi connectivity index (χ2n) is 8.65. The minimum Gasteiger partial charge on any atom is -0.335 e. The number of fused-ring (bicyclic) bond motifs is 2. The number of halogens is 1. The summed E-state index contributed by atoms with van der Waals surface area (Å²) < 4.78 is 16.0. The number of carbonyl (C=O) groups is 2. The summed E-state index contributed by atoms with van der Waals surface area (Å²) in [6.07, 6.45) is 5.03. The molecule has 0 unspecified atom stereocenters. The van der Waals surface area contributed by atoms with E-state index in [1.54, 1.807) is 43.6 Å². The van der Waals surface area contributed by atoms with Crippen molar-refractivity contribution >= 4 is 50.8 Å². The van der Waals surface area contributed by atoms with Gasteiger partial charge in [-0.2, -0.15) is 5.10 Å². The first kappa shape index (κ1) is 23.6. The lowest BCUT2D eigenvalue weighted by molar-refractivity contribution is -0.115. The van der Waals surface area contributed by atoms with E-state index in [4.69, 9.17) is 0 Å². The fourth-order valence-corrected chi connectivity index (χ4v) is 5.21. The molecule has 38 heavy (non-hydrogen) atoms. The molecule has 6 rings (SSSR count). The Morgan fingerprint density at radius 3 is 2.76 bits per heavy atom. The lowest BCUT2D eigenvalue weighted by Gasteiger charge is -2.08. The first-order valence-corrected chi connectivity index (χ1v) is 12.6. The molecular weight excluding hydrogens is 505 g/mol. The fraction of sp³-hybridized carbons (Fsp3) is 0.111. The van der Waals surface area contributed by atoms with Crippen LogP contribution >= 0.6 is 11.3 Å². The van der Waals surface area contributed by atoms with E-state index in [2.05, 4.69) is 35.5 Å². The van der Waals surface area contributed by atoms with Gasteiger partial charge in [0.25, 0.3) is 0 Å². The molecule has 1 amide bonds. The summed E-state index contributed by atoms with van der Waals surface area (Å²) in [6, 6.07) is 10.6. The van der Waals surface area contributed by atoms with Gasteiger partial charge in [-0.05, 0) is 43.3 Å². The van der Waals surface area contributed by atoms with Crippen molar-refractivity contribution < 1.29 is 14.0 Å². The number of imidazole rings is 1. The Bertz CT molecular complexity index is 1870. The molecule has 0 saturated carbocycles. The monoisotopic (exact) mass is 525 g/mol. The number of anilines is 1. The number of ketones is 1. The maximum atomic E-state index is 16.0. The summed E-state index contributed by atoms with van der Waals surface area (Å²) in [5, 5.41) is 10.2. The molecule has 0 aliphatic rings. The molecule has 0 radical (unpaired) electrons. The molecule has 0 aliphatic heterocycles. The average molecular weight is 526 g/mol. The lowest BCUT2D eigenvalue weighted by Crippen LogP contribution is -2.09. The van der Waals surface area contributed by atoms with E-state index in [9.17, 15) is 9.59 Å². The predicted octanol–water partition coefficient (Wildman–Crippen LogP) is 5.98. The maximum absolute atomic E-state index is 16.0. The average Bonchev–Trinajstić information content (AvgIpc) is 3.67. The highest BCUT2D eigenvalue weighted by Crippen LogP contribution is 2.36. The molecule has 0 atom stereocenters. The summed E-state index contributed by atoms with van der Waals surface area (Å²) >= 11 is 1.39. The highest BCUT2D eigenvalue weighted by molar-refractivity contribution is 7.17. The van der Waals surface area contributed by atoms with Crippen molar-refractivity contribution in [3.05, 3.63) is 65.7 Å². The van der Waals surface area contributed by atoms with Crippen LogP contribution in [0.2, 0.25) is 0 Å². The molecule has 3 N–H and O–H groups in total. The fourth-order valence-electron chi connectivity index (χ4n) is 4.27. The minimum absolute atomic E-state index is 0.000368. The van der Waals surface area contributed by atoms with Gasteiger partial charge >= 0.3 is 0 Å². The molecule has 9 nitrogen and oxygen atoms in total. The molecule has 0 bridgehead atoms. The zero-order valence-electron chi connectivity index (χ0n) is 20.3. The number of thiophene rings is 1. The molecule has 5 aromatic heterocycles. The number of H-pyrrole nitrogens is 2. The number of carbonyl (C=O) groups excluding carboxylic acids is 2. The van der Waals surface area contributed by atoms with Gasteiger partial charge in [0.2, 0.25) is 5.91 Å². The van der Waals surface area contributed by atoms with Gasteiger partial charge in [0.05, 0.1) is 33.2 Å². The molecule has 188 valence electrons. The predicted molar refractivity (Wildman–Crippen MR) is 144 cm³/mol. The first-order chi connectivity index (χ1) is 18.4. The molecular formula is C27H20FN7O2S. The van der Waals surface area contributed by atoms with Crippen LogP contribution < -0.4 is 5.32 Å². The van der Waals surface area contributed by atoms with Crippen LogP contribution in [-0.4, -0.2) is 41.8 Å². The van der Waals surface area contributed by atoms with Crippen molar-refractivity contribution in [2.45, 2.75) is 20.3 Å². The summed E-state index contributed by atoms with van der Waals surface area (Å²) in [7, 11) is 0. The number of aromatic nitrogens is 6. The van der Waals surface area contributed by atoms with E-state index in [-0.39, 0.29) is 17.1 Å². The van der Waals surface area contributed by atoms with E-state index in [0.717, 1.165) is 10.4 Å². The van der Waals surface area contributed by atoms with Crippen LogP contribution in [0.1, 0.15) is 29.9 Å². The van der Waals surface area contributed by atoms with Gasteiger partial charge in [0.1, 0.15) is 11.5 Å². The Kier molecular flexibility index (Phi) is 5.76. The van der Waals surface area contributed by atoms with Gasteiger partial charge < -0.3 is 10.3 Å². The molecule has 1 aromatic carbocycles. The number of benzene rings is 1.